The summed E-state index contributed by atoms with van der Waals surface area (Å²) in [5.41, 5.74) is 2.43. The molecule has 0 fully saturated rings. The van der Waals surface area contributed by atoms with Crippen LogP contribution in [0.25, 0.3) is 11.0 Å². The molecule has 0 saturated carbocycles. The Bertz CT molecular complexity index is 1330. The van der Waals surface area contributed by atoms with Gasteiger partial charge in [0.2, 0.25) is 10.0 Å². The lowest BCUT2D eigenvalue weighted by atomic mass is 10.1. The number of amides is 1. The molecule has 1 atom stereocenters. The second-order valence-corrected chi connectivity index (χ2v) is 17.4. The van der Waals surface area contributed by atoms with E-state index in [1.165, 1.54) is 11.1 Å². The average molecular weight is 532 g/mol. The summed E-state index contributed by atoms with van der Waals surface area (Å²) in [6, 6.07) is 13.9. The van der Waals surface area contributed by atoms with Crippen molar-refractivity contribution in [3.63, 3.8) is 0 Å². The number of carbonyl (C=O) groups is 2. The molecule has 0 aliphatic heterocycles. The predicted molar refractivity (Wildman–Crippen MR) is 141 cm³/mol. The van der Waals surface area contributed by atoms with E-state index in [-0.39, 0.29) is 18.8 Å². The Balaban J connectivity index is 1.81. The third-order valence-corrected chi connectivity index (χ3v) is 9.50. The van der Waals surface area contributed by atoms with Crippen molar-refractivity contribution in [2.45, 2.75) is 51.7 Å². The van der Waals surface area contributed by atoms with Crippen molar-refractivity contribution in [3.8, 4) is 0 Å². The van der Waals surface area contributed by atoms with Crippen molar-refractivity contribution in [1.82, 2.24) is 14.3 Å². The van der Waals surface area contributed by atoms with Gasteiger partial charge in [0.25, 0.3) is 0 Å². The number of hydrogen-bond acceptors (Lipinski definition) is 7. The fourth-order valence-corrected chi connectivity index (χ4v) is 8.26. The molecule has 1 unspecified atom stereocenters. The van der Waals surface area contributed by atoms with Gasteiger partial charge in [-0.15, -0.1) is 0 Å². The minimum atomic E-state index is -3.62. The maximum Gasteiger partial charge on any atom is 0.408 e. The Kier molecular flexibility index (Phi) is 8.57. The van der Waals surface area contributed by atoms with Gasteiger partial charge in [-0.1, -0.05) is 56.0 Å². The molecule has 11 heteroatoms. The lowest BCUT2D eigenvalue weighted by Gasteiger charge is -2.18. The third-order valence-electron chi connectivity index (χ3n) is 5.65. The number of aryl methyl sites for hydroxylation is 1. The van der Waals surface area contributed by atoms with Gasteiger partial charge in [0.15, 0.2) is 0 Å². The number of methoxy groups -OCH3 is 1. The Morgan fingerprint density at radius 2 is 1.78 bits per heavy atom. The SMILES string of the molecule is COC(=O)C(Cc1ccc2nc(C)n(S(=O)(=O)CC[Si](C)(C)C)c2c1)NC(=O)OCc1ccccc1. The number of benzene rings is 2. The van der Waals surface area contributed by atoms with Crippen LogP contribution in [-0.2, 0) is 37.3 Å². The van der Waals surface area contributed by atoms with Gasteiger partial charge in [0, 0.05) is 14.5 Å². The van der Waals surface area contributed by atoms with Gasteiger partial charge >= 0.3 is 12.1 Å². The minimum absolute atomic E-state index is 0.0405. The van der Waals surface area contributed by atoms with E-state index in [1.807, 2.05) is 30.3 Å². The summed E-state index contributed by atoms with van der Waals surface area (Å²) < 4.78 is 37.8. The quantitative estimate of drug-likeness (QED) is 0.312. The van der Waals surface area contributed by atoms with Gasteiger partial charge in [0.1, 0.15) is 18.5 Å². The van der Waals surface area contributed by atoms with Gasteiger partial charge in [-0.25, -0.2) is 27.0 Å². The first-order valence-corrected chi connectivity index (χ1v) is 17.0. The van der Waals surface area contributed by atoms with Crippen LogP contribution >= 0.6 is 0 Å². The molecule has 3 aromatic rings. The van der Waals surface area contributed by atoms with E-state index >= 15 is 0 Å². The highest BCUT2D eigenvalue weighted by atomic mass is 32.2. The molecule has 1 heterocycles. The number of rotatable bonds is 10. The monoisotopic (exact) mass is 531 g/mol. The van der Waals surface area contributed by atoms with Crippen LogP contribution in [0.5, 0.6) is 0 Å². The van der Waals surface area contributed by atoms with E-state index in [0.717, 1.165) is 5.56 Å². The number of imidazole rings is 1. The fourth-order valence-electron chi connectivity index (χ4n) is 3.70. The van der Waals surface area contributed by atoms with Crippen molar-refractivity contribution in [2.24, 2.45) is 0 Å². The molecular weight excluding hydrogens is 498 g/mol. The molecule has 0 saturated heterocycles. The lowest BCUT2D eigenvalue weighted by molar-refractivity contribution is -0.143. The van der Waals surface area contributed by atoms with Crippen LogP contribution in [0.15, 0.2) is 48.5 Å². The predicted octanol–water partition coefficient (Wildman–Crippen LogP) is 3.87. The van der Waals surface area contributed by atoms with Crippen LogP contribution in [0.3, 0.4) is 0 Å². The van der Waals surface area contributed by atoms with Crippen LogP contribution in [-0.4, -0.2) is 56.4 Å². The number of fused-ring (bicyclic) bond motifs is 1. The van der Waals surface area contributed by atoms with Crippen molar-refractivity contribution >= 4 is 41.2 Å². The molecule has 0 aliphatic carbocycles. The Hall–Kier alpha value is -3.18. The molecule has 9 nitrogen and oxygen atoms in total. The van der Waals surface area contributed by atoms with E-state index in [1.54, 1.807) is 25.1 Å². The van der Waals surface area contributed by atoms with E-state index < -0.39 is 36.2 Å². The van der Waals surface area contributed by atoms with Gasteiger partial charge in [-0.2, -0.15) is 0 Å². The van der Waals surface area contributed by atoms with Gasteiger partial charge < -0.3 is 14.8 Å². The number of nitrogens with zero attached hydrogens (tertiary/aromatic N) is 2. The highest BCUT2D eigenvalue weighted by Crippen LogP contribution is 2.23. The first kappa shape index (κ1) is 27.4. The number of ether oxygens (including phenoxy) is 2. The summed E-state index contributed by atoms with van der Waals surface area (Å²) >= 11 is 0. The van der Waals surface area contributed by atoms with Gasteiger partial charge in [0.05, 0.1) is 23.9 Å². The van der Waals surface area contributed by atoms with Crippen LogP contribution in [0.2, 0.25) is 25.7 Å². The molecule has 0 spiro atoms. The molecule has 194 valence electrons. The molecule has 0 aliphatic rings. The maximum absolute atomic E-state index is 13.2. The van der Waals surface area contributed by atoms with E-state index in [2.05, 4.69) is 29.9 Å². The second kappa shape index (κ2) is 11.3. The maximum atomic E-state index is 13.2. The normalized spacial score (nSPS) is 12.8. The van der Waals surface area contributed by atoms with Crippen molar-refractivity contribution in [2.75, 3.05) is 12.9 Å². The zero-order valence-corrected chi connectivity index (χ0v) is 23.1. The smallest absolute Gasteiger partial charge is 0.408 e. The largest absolute Gasteiger partial charge is 0.467 e. The molecular formula is C25H33N3O6SSi. The molecule has 1 N–H and O–H groups in total. The highest BCUT2D eigenvalue weighted by molar-refractivity contribution is 7.90. The Morgan fingerprint density at radius 3 is 2.42 bits per heavy atom. The van der Waals surface area contributed by atoms with Crippen LogP contribution in [0.4, 0.5) is 4.79 Å². The Morgan fingerprint density at radius 1 is 1.08 bits per heavy atom. The molecule has 0 radical (unpaired) electrons. The zero-order valence-electron chi connectivity index (χ0n) is 21.3. The molecule has 36 heavy (non-hydrogen) atoms. The molecule has 2 aromatic carbocycles. The summed E-state index contributed by atoms with van der Waals surface area (Å²) in [4.78, 5) is 29.2. The van der Waals surface area contributed by atoms with Gasteiger partial charge in [-0.05, 0) is 36.2 Å². The topological polar surface area (TPSA) is 117 Å². The lowest BCUT2D eigenvalue weighted by Crippen LogP contribution is -2.43. The molecule has 0 bridgehead atoms. The molecule has 1 aromatic heterocycles. The van der Waals surface area contributed by atoms with Crippen molar-refractivity contribution in [3.05, 3.63) is 65.5 Å². The number of alkyl carbamates (subject to hydrolysis) is 1. The molecule has 1 amide bonds. The van der Waals surface area contributed by atoms with E-state index in [4.69, 9.17) is 9.47 Å². The van der Waals surface area contributed by atoms with Crippen LogP contribution < -0.4 is 5.32 Å². The minimum Gasteiger partial charge on any atom is -0.467 e. The number of esters is 1. The summed E-state index contributed by atoms with van der Waals surface area (Å²) in [5.74, 6) is -0.220. The number of nitrogens with one attached hydrogen (secondary N) is 1. The number of carbonyl (C=O) groups excluding carboxylic acids is 2. The molecule has 3 rings (SSSR count). The van der Waals surface area contributed by atoms with E-state index in [9.17, 15) is 18.0 Å². The first-order valence-electron chi connectivity index (χ1n) is 11.7. The third kappa shape index (κ3) is 7.17. The zero-order chi connectivity index (χ0) is 26.5. The van der Waals surface area contributed by atoms with Crippen LogP contribution in [0.1, 0.15) is 17.0 Å². The fraction of sp³-hybridized carbons (Fsp3) is 0.400. The van der Waals surface area contributed by atoms with Crippen molar-refractivity contribution < 1.29 is 27.5 Å². The highest BCUT2D eigenvalue weighted by Gasteiger charge is 2.26. The summed E-state index contributed by atoms with van der Waals surface area (Å²) in [5, 5.41) is 2.55. The second-order valence-electron chi connectivity index (χ2n) is 9.86. The number of aromatic nitrogens is 2. The first-order chi connectivity index (χ1) is 16.9. The average Bonchev–Trinajstić information content (AvgIpc) is 3.16. The summed E-state index contributed by atoms with van der Waals surface area (Å²) in [7, 11) is -3.96. The summed E-state index contributed by atoms with van der Waals surface area (Å²) in [6.07, 6.45) is -0.674. The Labute approximate surface area is 212 Å². The van der Waals surface area contributed by atoms with E-state index in [0.29, 0.717) is 28.5 Å². The summed E-state index contributed by atoms with van der Waals surface area (Å²) in [6.45, 7) is 8.10. The van der Waals surface area contributed by atoms with Gasteiger partial charge in [-0.3, -0.25) is 0 Å². The number of hydrogen-bond donors (Lipinski definition) is 1. The van der Waals surface area contributed by atoms with Crippen LogP contribution in [0, 0.1) is 6.92 Å². The standard InChI is InChI=1S/C25H33N3O6SSi/c1-18-26-21-12-11-20(16-23(21)28(18)35(31,32)13-14-36(3,4)5)15-22(24(29)33-2)27-25(30)34-17-19-9-7-6-8-10-19/h6-12,16,22H,13-15,17H2,1-5H3,(H,27,30). The van der Waals surface area contributed by atoms with Crippen molar-refractivity contribution in [1.29, 1.82) is 0 Å².